The maximum atomic E-state index is 10.4. The van der Waals surface area contributed by atoms with Gasteiger partial charge in [0.2, 0.25) is 0 Å². The smallest absolute Gasteiger partial charge is 0.404 e. The molecular weight excluding hydrogens is 356 g/mol. The minimum Gasteiger partial charge on any atom is -0.650 e. The van der Waals surface area contributed by atoms with E-state index >= 15 is 0 Å². The second-order valence-corrected chi connectivity index (χ2v) is 2.48. The van der Waals surface area contributed by atoms with Crippen LogP contribution in [0.5, 0.6) is 0 Å². The third kappa shape index (κ3) is 12.0. The van der Waals surface area contributed by atoms with Crippen LogP contribution in [-0.2, 0) is 23.8 Å². The van der Waals surface area contributed by atoms with Gasteiger partial charge >= 0.3 is 11.4 Å². The molecule has 0 aromatic rings. The van der Waals surface area contributed by atoms with Crippen molar-refractivity contribution in [3.63, 3.8) is 0 Å². The van der Waals surface area contributed by atoms with E-state index in [9.17, 15) is 14.4 Å². The van der Waals surface area contributed by atoms with Crippen LogP contribution in [0.25, 0.3) is 0 Å². The minimum absolute atomic E-state index is 0. The number of carbonyl (C=O) groups excluding carboxylic acids is 3. The van der Waals surface area contributed by atoms with Crippen LogP contribution in [-0.4, -0.2) is 37.2 Å². The quantitative estimate of drug-likeness (QED) is 0.294. The van der Waals surface area contributed by atoms with Gasteiger partial charge in [-0.25, -0.2) is 4.79 Å². The topological polar surface area (TPSA) is 78.9 Å². The summed E-state index contributed by atoms with van der Waals surface area (Å²) in [6.07, 6.45) is -0.912. The molecule has 0 aromatic carbocycles. The molecule has 0 bridgehead atoms. The summed E-state index contributed by atoms with van der Waals surface area (Å²) >= 11 is 4.91. The van der Waals surface area contributed by atoms with E-state index in [4.69, 9.17) is 11.6 Å². The van der Waals surface area contributed by atoms with Gasteiger partial charge in [0.25, 0.3) is 0 Å². The van der Waals surface area contributed by atoms with Gasteiger partial charge in [0, 0.05) is 60.3 Å². The third-order valence-electron chi connectivity index (χ3n) is 1.06. The molecule has 0 aliphatic heterocycles. The van der Waals surface area contributed by atoms with Gasteiger partial charge < -0.3 is 19.0 Å². The first kappa shape index (κ1) is 17.5. The van der Waals surface area contributed by atoms with E-state index in [1.807, 2.05) is 0 Å². The van der Waals surface area contributed by atoms with Crippen molar-refractivity contribution in [2.45, 2.75) is 13.0 Å². The fraction of sp³-hybridized carbons (Fsp3) is 0.571. The zero-order valence-electron chi connectivity index (χ0n) is 7.82. The van der Waals surface area contributed by atoms with Crippen LogP contribution in [0.1, 0.15) is 6.92 Å². The number of halogens is 1. The van der Waals surface area contributed by atoms with Crippen LogP contribution in [0, 0.1) is 41.7 Å². The molecule has 1 unspecified atom stereocenters. The van der Waals surface area contributed by atoms with Gasteiger partial charge in [-0.15, -0.1) is 0 Å². The monoisotopic (exact) mass is 363 g/mol. The molecule has 0 spiro atoms. The van der Waals surface area contributed by atoms with Crippen LogP contribution in [0.4, 0.5) is 4.79 Å². The molecule has 0 aliphatic carbocycles. The normalized spacial score (nSPS) is 10.5. The summed E-state index contributed by atoms with van der Waals surface area (Å²) in [7, 11) is 0. The molecule has 0 N–H and O–H groups in total. The maximum absolute atomic E-state index is 10.4. The van der Waals surface area contributed by atoms with Crippen molar-refractivity contribution in [1.29, 1.82) is 0 Å². The third-order valence-corrected chi connectivity index (χ3v) is 1.15. The van der Waals surface area contributed by atoms with E-state index in [0.29, 0.717) is 0 Å². The van der Waals surface area contributed by atoms with Crippen molar-refractivity contribution in [2.75, 3.05) is 13.2 Å². The molecule has 1 atom stereocenters. The first-order chi connectivity index (χ1) is 6.56. The first-order valence-corrected chi connectivity index (χ1v) is 3.92. The Morgan fingerprint density at radius 1 is 1.40 bits per heavy atom. The van der Waals surface area contributed by atoms with Crippen molar-refractivity contribution in [2.24, 2.45) is 0 Å². The van der Waals surface area contributed by atoms with Gasteiger partial charge in [-0.1, -0.05) is 6.47 Å². The van der Waals surface area contributed by atoms with Crippen LogP contribution in [0.2, 0.25) is 0 Å². The largest absolute Gasteiger partial charge is 0.650 e. The Morgan fingerprint density at radius 2 is 2.00 bits per heavy atom. The predicted molar refractivity (Wildman–Crippen MR) is 44.4 cm³/mol. The average molecular weight is 364 g/mol. The number of hydrogen-bond acceptors (Lipinski definition) is 6. The number of ether oxygens (including phenoxy) is 3. The summed E-state index contributed by atoms with van der Waals surface area (Å²) in [6.45, 7) is 1.83. The first-order valence-electron chi connectivity index (χ1n) is 3.54. The molecule has 0 amide bonds. The van der Waals surface area contributed by atoms with Crippen LogP contribution < -0.4 is 0 Å². The van der Waals surface area contributed by atoms with Gasteiger partial charge in [0.05, 0.1) is 6.61 Å². The number of esters is 1. The Bertz CT molecular complexity index is 222. The molecule has 0 fully saturated rings. The van der Waals surface area contributed by atoms with Gasteiger partial charge in [-0.3, -0.25) is 4.79 Å². The predicted octanol–water partition coefficient (Wildman–Crippen LogP) is 0.377. The summed E-state index contributed by atoms with van der Waals surface area (Å²) in [4.78, 5) is 30.4. The van der Waals surface area contributed by atoms with Gasteiger partial charge in [0.15, 0.2) is 6.10 Å². The SMILES string of the molecule is CC(=O)OCC(CO[C-]=O)OC(=O)Cl.[Ce]. The van der Waals surface area contributed by atoms with Gasteiger partial charge in [-0.05, 0) is 0 Å². The second kappa shape index (κ2) is 10.6. The molecule has 0 saturated carbocycles. The minimum atomic E-state index is -1.07. The zero-order chi connectivity index (χ0) is 11.0. The van der Waals surface area contributed by atoms with Gasteiger partial charge in [-0.2, -0.15) is 0 Å². The Hall–Kier alpha value is 0.0766. The standard InChI is InChI=1S/C7H8ClO6.Ce/c1-5(10)13-3-6(2-12-4-9)14-7(8)11;/h6H,2-3H2,1H3;/q-1;. The summed E-state index contributed by atoms with van der Waals surface area (Å²) in [6, 6.07) is 0. The van der Waals surface area contributed by atoms with Crippen LogP contribution in [0.3, 0.4) is 0 Å². The Labute approximate surface area is 125 Å². The molecule has 0 heterocycles. The molecule has 6 nitrogen and oxygen atoms in total. The summed E-state index contributed by atoms with van der Waals surface area (Å²) in [5.41, 5.74) is -1.07. The molecular formula is C7H8CeClO6-. The van der Waals surface area contributed by atoms with Crippen molar-refractivity contribution < 1.29 is 70.3 Å². The van der Waals surface area contributed by atoms with E-state index in [-0.39, 0.29) is 55.0 Å². The van der Waals surface area contributed by atoms with Gasteiger partial charge in [0.1, 0.15) is 6.61 Å². The fourth-order valence-corrected chi connectivity index (χ4v) is 0.710. The molecule has 15 heavy (non-hydrogen) atoms. The molecule has 0 rings (SSSR count). The molecule has 0 aliphatic rings. The van der Waals surface area contributed by atoms with Crippen LogP contribution >= 0.6 is 11.6 Å². The fourth-order valence-electron chi connectivity index (χ4n) is 0.584. The Balaban J connectivity index is 0. The summed E-state index contributed by atoms with van der Waals surface area (Å²) < 4.78 is 13.2. The molecule has 0 saturated heterocycles. The molecule has 84 valence electrons. The average Bonchev–Trinajstić information content (AvgIpc) is 2.09. The van der Waals surface area contributed by atoms with E-state index in [0.717, 1.165) is 6.47 Å². The zero-order valence-corrected chi connectivity index (χ0v) is 11.7. The molecule has 0 aromatic heterocycles. The van der Waals surface area contributed by atoms with E-state index in [2.05, 4.69) is 14.2 Å². The van der Waals surface area contributed by atoms with Crippen molar-refractivity contribution in [3.05, 3.63) is 0 Å². The Morgan fingerprint density at radius 3 is 2.40 bits per heavy atom. The molecule has 8 heteroatoms. The maximum Gasteiger partial charge on any atom is 0.404 e. The number of rotatable bonds is 6. The Kier molecular flexibility index (Phi) is 12.3. The summed E-state index contributed by atoms with van der Waals surface area (Å²) in [5.74, 6) is -0.546. The van der Waals surface area contributed by atoms with Crippen molar-refractivity contribution in [3.8, 4) is 0 Å². The number of carbonyl (C=O) groups is 2. The van der Waals surface area contributed by atoms with Crippen molar-refractivity contribution >= 4 is 29.5 Å². The van der Waals surface area contributed by atoms with E-state index in [1.165, 1.54) is 6.92 Å². The van der Waals surface area contributed by atoms with Crippen LogP contribution in [0.15, 0.2) is 0 Å². The number of hydrogen-bond donors (Lipinski definition) is 0. The van der Waals surface area contributed by atoms with E-state index in [1.54, 1.807) is 0 Å². The second-order valence-electron chi connectivity index (χ2n) is 2.17. The molecule has 0 radical (unpaired) electrons. The van der Waals surface area contributed by atoms with Crippen molar-refractivity contribution in [1.82, 2.24) is 0 Å². The van der Waals surface area contributed by atoms with E-state index < -0.39 is 17.5 Å². The summed E-state index contributed by atoms with van der Waals surface area (Å²) in [5, 5.41) is 0.